The van der Waals surface area contributed by atoms with Gasteiger partial charge in [0, 0.05) is 22.2 Å². The van der Waals surface area contributed by atoms with Gasteiger partial charge in [0.05, 0.1) is 11.4 Å². The van der Waals surface area contributed by atoms with Gasteiger partial charge >= 0.3 is 0 Å². The maximum Gasteiger partial charge on any atom is 0.230 e. The van der Waals surface area contributed by atoms with Gasteiger partial charge in [0.25, 0.3) is 0 Å². The third kappa shape index (κ3) is 5.96. The summed E-state index contributed by atoms with van der Waals surface area (Å²) in [7, 11) is 0. The Labute approximate surface area is 172 Å². The van der Waals surface area contributed by atoms with Crippen molar-refractivity contribution in [3.8, 4) is 11.3 Å². The molecule has 0 saturated heterocycles. The van der Waals surface area contributed by atoms with E-state index >= 15 is 0 Å². The first-order chi connectivity index (χ1) is 13.1. The number of carbonyl (C=O) groups is 1. The van der Waals surface area contributed by atoms with Crippen molar-refractivity contribution in [1.82, 2.24) is 15.5 Å². The molecule has 0 aliphatic carbocycles. The van der Waals surface area contributed by atoms with Crippen LogP contribution < -0.4 is 5.32 Å². The molecule has 7 heteroatoms. The summed E-state index contributed by atoms with van der Waals surface area (Å²) in [5.74, 6) is 0.229. The Balaban J connectivity index is 1.43. The average Bonchev–Trinajstić information content (AvgIpc) is 2.69. The first-order valence-electron chi connectivity index (χ1n) is 8.34. The van der Waals surface area contributed by atoms with Crippen LogP contribution in [0.2, 0.25) is 10.0 Å². The monoisotopic (exact) mass is 417 g/mol. The summed E-state index contributed by atoms with van der Waals surface area (Å²) in [6.07, 6.45) is 0.651. The lowest BCUT2D eigenvalue weighted by molar-refractivity contribution is -0.118. The highest BCUT2D eigenvalue weighted by molar-refractivity contribution is 7.99. The summed E-state index contributed by atoms with van der Waals surface area (Å²) < 4.78 is 0. The second-order valence-corrected chi connectivity index (χ2v) is 7.59. The number of nitrogens with one attached hydrogen (secondary N) is 1. The molecule has 138 valence electrons. The molecule has 1 heterocycles. The van der Waals surface area contributed by atoms with Gasteiger partial charge in [-0.1, -0.05) is 71.4 Å². The molecule has 27 heavy (non-hydrogen) atoms. The van der Waals surface area contributed by atoms with Crippen LogP contribution in [-0.4, -0.2) is 28.4 Å². The van der Waals surface area contributed by atoms with Crippen molar-refractivity contribution in [2.75, 3.05) is 12.3 Å². The highest BCUT2D eigenvalue weighted by Crippen LogP contribution is 2.21. The topological polar surface area (TPSA) is 54.9 Å². The molecule has 0 atom stereocenters. The number of hydrogen-bond acceptors (Lipinski definition) is 4. The number of thioether (sulfide) groups is 1. The van der Waals surface area contributed by atoms with Crippen LogP contribution >= 0.6 is 35.0 Å². The minimum atomic E-state index is -0.0565. The number of rotatable bonds is 7. The Morgan fingerprint density at radius 1 is 1.00 bits per heavy atom. The van der Waals surface area contributed by atoms with E-state index in [1.807, 2.05) is 48.5 Å². The Hall–Kier alpha value is -2.08. The van der Waals surface area contributed by atoms with Crippen molar-refractivity contribution in [3.05, 3.63) is 76.3 Å². The van der Waals surface area contributed by atoms with Gasteiger partial charge in [0.15, 0.2) is 0 Å². The molecular formula is C20H17Cl2N3OS. The Morgan fingerprint density at radius 2 is 1.81 bits per heavy atom. The second kappa shape index (κ2) is 9.74. The van der Waals surface area contributed by atoms with E-state index in [0.29, 0.717) is 28.0 Å². The normalized spacial score (nSPS) is 10.6. The molecule has 0 bridgehead atoms. The van der Waals surface area contributed by atoms with Gasteiger partial charge in [0.1, 0.15) is 5.03 Å². The fraction of sp³-hybridized carbons (Fsp3) is 0.150. The maximum atomic E-state index is 12.0. The lowest BCUT2D eigenvalue weighted by Gasteiger charge is -2.07. The van der Waals surface area contributed by atoms with Crippen molar-refractivity contribution < 1.29 is 4.79 Å². The highest BCUT2D eigenvalue weighted by Gasteiger charge is 2.06. The van der Waals surface area contributed by atoms with Crippen molar-refractivity contribution in [2.45, 2.75) is 11.4 Å². The van der Waals surface area contributed by atoms with Crippen LogP contribution in [0.1, 0.15) is 5.56 Å². The zero-order chi connectivity index (χ0) is 19.1. The molecule has 0 spiro atoms. The van der Waals surface area contributed by atoms with E-state index in [1.165, 1.54) is 11.8 Å². The standard InChI is InChI=1S/C20H17Cl2N3OS/c21-16-7-6-14(17(22)12-16)10-11-23-19(26)13-27-20-9-8-18(24-25-20)15-4-2-1-3-5-15/h1-9,12H,10-11,13H2,(H,23,26). The first kappa shape index (κ1) is 19.7. The van der Waals surface area contributed by atoms with E-state index in [2.05, 4.69) is 15.5 Å². The number of carbonyl (C=O) groups excluding carboxylic acids is 1. The van der Waals surface area contributed by atoms with Crippen LogP contribution in [0.25, 0.3) is 11.3 Å². The molecule has 1 aromatic heterocycles. The highest BCUT2D eigenvalue weighted by atomic mass is 35.5. The SMILES string of the molecule is O=C(CSc1ccc(-c2ccccc2)nn1)NCCc1ccc(Cl)cc1Cl. The Morgan fingerprint density at radius 3 is 2.52 bits per heavy atom. The minimum absolute atomic E-state index is 0.0565. The van der Waals surface area contributed by atoms with Gasteiger partial charge in [-0.2, -0.15) is 0 Å². The quantitative estimate of drug-likeness (QED) is 0.555. The molecule has 0 aliphatic heterocycles. The van der Waals surface area contributed by atoms with E-state index < -0.39 is 0 Å². The molecule has 0 aliphatic rings. The lowest BCUT2D eigenvalue weighted by atomic mass is 10.1. The largest absolute Gasteiger partial charge is 0.355 e. The summed E-state index contributed by atoms with van der Waals surface area (Å²) in [6.45, 7) is 0.513. The molecule has 3 aromatic rings. The summed E-state index contributed by atoms with van der Waals surface area (Å²) in [6, 6.07) is 19.0. The molecule has 3 rings (SSSR count). The Kier molecular flexibility index (Phi) is 7.10. The molecule has 2 aromatic carbocycles. The third-order valence-corrected chi connectivity index (χ3v) is 5.30. The Bertz CT molecular complexity index is 905. The first-order valence-corrected chi connectivity index (χ1v) is 10.1. The lowest BCUT2D eigenvalue weighted by Crippen LogP contribution is -2.27. The number of halogens is 2. The number of aromatic nitrogens is 2. The smallest absolute Gasteiger partial charge is 0.230 e. The van der Waals surface area contributed by atoms with E-state index in [4.69, 9.17) is 23.2 Å². The fourth-order valence-electron chi connectivity index (χ4n) is 2.41. The molecule has 0 saturated carbocycles. The fourth-order valence-corrected chi connectivity index (χ4v) is 3.56. The van der Waals surface area contributed by atoms with Crippen LogP contribution in [0, 0.1) is 0 Å². The van der Waals surface area contributed by atoms with Gasteiger partial charge in [-0.3, -0.25) is 4.79 Å². The van der Waals surface area contributed by atoms with E-state index in [1.54, 1.807) is 12.1 Å². The number of benzene rings is 2. The summed E-state index contributed by atoms with van der Waals surface area (Å²) in [4.78, 5) is 12.0. The second-order valence-electron chi connectivity index (χ2n) is 5.75. The molecule has 0 fully saturated rings. The van der Waals surface area contributed by atoms with Crippen LogP contribution in [-0.2, 0) is 11.2 Å². The molecule has 0 radical (unpaired) electrons. The minimum Gasteiger partial charge on any atom is -0.355 e. The van der Waals surface area contributed by atoms with Crippen molar-refractivity contribution in [3.63, 3.8) is 0 Å². The van der Waals surface area contributed by atoms with Crippen molar-refractivity contribution >= 4 is 40.9 Å². The van der Waals surface area contributed by atoms with Gasteiger partial charge in [-0.05, 0) is 36.2 Å². The number of nitrogens with zero attached hydrogens (tertiary/aromatic N) is 2. The van der Waals surface area contributed by atoms with Crippen molar-refractivity contribution in [2.24, 2.45) is 0 Å². The van der Waals surface area contributed by atoms with E-state index in [0.717, 1.165) is 16.8 Å². The van der Waals surface area contributed by atoms with Crippen LogP contribution in [0.3, 0.4) is 0 Å². The van der Waals surface area contributed by atoms with Crippen LogP contribution in [0.4, 0.5) is 0 Å². The molecule has 1 amide bonds. The van der Waals surface area contributed by atoms with E-state index in [-0.39, 0.29) is 11.7 Å². The molecule has 1 N–H and O–H groups in total. The summed E-state index contributed by atoms with van der Waals surface area (Å²) >= 11 is 13.4. The van der Waals surface area contributed by atoms with Gasteiger partial charge in [-0.15, -0.1) is 10.2 Å². The van der Waals surface area contributed by atoms with Gasteiger partial charge in [0.2, 0.25) is 5.91 Å². The number of amides is 1. The molecule has 4 nitrogen and oxygen atoms in total. The summed E-state index contributed by atoms with van der Waals surface area (Å²) in [5.41, 5.74) is 2.78. The zero-order valence-corrected chi connectivity index (χ0v) is 16.7. The molecular weight excluding hydrogens is 401 g/mol. The summed E-state index contributed by atoms with van der Waals surface area (Å²) in [5, 5.41) is 13.2. The predicted molar refractivity (Wildman–Crippen MR) is 111 cm³/mol. The number of hydrogen-bond donors (Lipinski definition) is 1. The maximum absolute atomic E-state index is 12.0. The van der Waals surface area contributed by atoms with Crippen LogP contribution in [0.15, 0.2) is 65.7 Å². The predicted octanol–water partition coefficient (Wildman–Crippen LogP) is 4.90. The average molecular weight is 418 g/mol. The van der Waals surface area contributed by atoms with Gasteiger partial charge in [-0.25, -0.2) is 0 Å². The zero-order valence-electron chi connectivity index (χ0n) is 14.4. The van der Waals surface area contributed by atoms with Crippen LogP contribution in [0.5, 0.6) is 0 Å². The van der Waals surface area contributed by atoms with Crippen molar-refractivity contribution in [1.29, 1.82) is 0 Å². The van der Waals surface area contributed by atoms with E-state index in [9.17, 15) is 4.79 Å². The third-order valence-electron chi connectivity index (χ3n) is 3.79. The van der Waals surface area contributed by atoms with Gasteiger partial charge < -0.3 is 5.32 Å². The molecule has 0 unspecified atom stereocenters.